The van der Waals surface area contributed by atoms with E-state index in [9.17, 15) is 9.59 Å². The van der Waals surface area contributed by atoms with Gasteiger partial charge in [-0.3, -0.25) is 9.59 Å². The van der Waals surface area contributed by atoms with Crippen molar-refractivity contribution in [1.82, 2.24) is 19.9 Å². The molecule has 3 aromatic rings. The van der Waals surface area contributed by atoms with Gasteiger partial charge in [0.2, 0.25) is 11.8 Å². The number of aromatic amines is 1. The van der Waals surface area contributed by atoms with E-state index in [4.69, 9.17) is 14.5 Å². The Bertz CT molecular complexity index is 1300. The van der Waals surface area contributed by atoms with E-state index in [0.29, 0.717) is 49.9 Å². The van der Waals surface area contributed by atoms with Crippen LogP contribution >= 0.6 is 0 Å². The fraction of sp³-hybridized carbons (Fsp3) is 0.360. The van der Waals surface area contributed by atoms with Crippen LogP contribution in [0.3, 0.4) is 0 Å². The molecule has 2 amide bonds. The molecule has 0 bridgehead atoms. The maximum atomic E-state index is 11.7. The SMILES string of the molecule is CC(=O)N1CCc2nc(C3COc4ccc(Oc5ccnc6c5CCC(=O)N6)cc4C3)[nH]c2C1. The van der Waals surface area contributed by atoms with E-state index in [-0.39, 0.29) is 17.7 Å². The van der Waals surface area contributed by atoms with Crippen LogP contribution in [-0.2, 0) is 35.4 Å². The van der Waals surface area contributed by atoms with Crippen molar-refractivity contribution >= 4 is 17.6 Å². The molecule has 1 aromatic carbocycles. The van der Waals surface area contributed by atoms with E-state index in [1.165, 1.54) is 0 Å². The quantitative estimate of drug-likeness (QED) is 0.623. The maximum Gasteiger partial charge on any atom is 0.225 e. The molecule has 0 fully saturated rings. The van der Waals surface area contributed by atoms with Crippen LogP contribution in [0.5, 0.6) is 17.2 Å². The monoisotopic (exact) mass is 459 g/mol. The van der Waals surface area contributed by atoms with Crippen molar-refractivity contribution in [2.45, 2.75) is 45.1 Å². The summed E-state index contributed by atoms with van der Waals surface area (Å²) in [5.74, 6) is 3.90. The molecule has 0 aliphatic carbocycles. The van der Waals surface area contributed by atoms with Crippen molar-refractivity contribution in [3.63, 3.8) is 0 Å². The number of hydrogen-bond acceptors (Lipinski definition) is 6. The molecule has 34 heavy (non-hydrogen) atoms. The largest absolute Gasteiger partial charge is 0.493 e. The van der Waals surface area contributed by atoms with Crippen LogP contribution in [0, 0.1) is 0 Å². The minimum Gasteiger partial charge on any atom is -0.493 e. The molecule has 0 saturated heterocycles. The highest BCUT2D eigenvalue weighted by Crippen LogP contribution is 2.37. The minimum absolute atomic E-state index is 0.0253. The highest BCUT2D eigenvalue weighted by molar-refractivity contribution is 5.93. The van der Waals surface area contributed by atoms with E-state index in [0.717, 1.165) is 46.9 Å². The van der Waals surface area contributed by atoms with E-state index >= 15 is 0 Å². The predicted molar refractivity (Wildman–Crippen MR) is 123 cm³/mol. The molecule has 9 heteroatoms. The number of pyridine rings is 1. The molecule has 0 saturated carbocycles. The van der Waals surface area contributed by atoms with Crippen molar-refractivity contribution in [2.75, 3.05) is 18.5 Å². The summed E-state index contributed by atoms with van der Waals surface area (Å²) in [6.45, 7) is 3.44. The van der Waals surface area contributed by atoms with Crippen LogP contribution in [0.25, 0.3) is 0 Å². The van der Waals surface area contributed by atoms with Crippen LogP contribution in [0.2, 0.25) is 0 Å². The summed E-state index contributed by atoms with van der Waals surface area (Å²) in [7, 11) is 0. The number of ether oxygens (including phenoxy) is 2. The van der Waals surface area contributed by atoms with Crippen molar-refractivity contribution in [2.24, 2.45) is 0 Å². The van der Waals surface area contributed by atoms with Crippen molar-refractivity contribution < 1.29 is 19.1 Å². The van der Waals surface area contributed by atoms with Crippen molar-refractivity contribution in [3.05, 3.63) is 58.8 Å². The van der Waals surface area contributed by atoms with Gasteiger partial charge in [0.1, 0.15) is 28.9 Å². The number of fused-ring (bicyclic) bond motifs is 3. The molecular weight excluding hydrogens is 434 g/mol. The summed E-state index contributed by atoms with van der Waals surface area (Å²) in [4.78, 5) is 37.8. The van der Waals surface area contributed by atoms with E-state index in [2.05, 4.69) is 15.3 Å². The standard InChI is InChI=1S/C25H25N5O4/c1-14(31)30-9-7-19-20(12-30)28-24(27-19)16-10-15-11-17(2-4-21(15)33-13-16)34-22-6-8-26-25-18(22)3-5-23(32)29-25/h2,4,6,8,11,16H,3,5,7,9-10,12-13H2,1H3,(H,27,28)(H,26,29,32). The first-order chi connectivity index (χ1) is 16.5. The van der Waals surface area contributed by atoms with Crippen LogP contribution in [0.15, 0.2) is 30.5 Å². The Morgan fingerprint density at radius 3 is 3.03 bits per heavy atom. The molecule has 5 heterocycles. The third-order valence-electron chi connectivity index (χ3n) is 6.72. The number of benzene rings is 1. The highest BCUT2D eigenvalue weighted by atomic mass is 16.5. The second kappa shape index (κ2) is 8.16. The lowest BCUT2D eigenvalue weighted by atomic mass is 9.96. The van der Waals surface area contributed by atoms with Crippen LogP contribution in [-0.4, -0.2) is 44.8 Å². The van der Waals surface area contributed by atoms with Gasteiger partial charge in [0.25, 0.3) is 0 Å². The van der Waals surface area contributed by atoms with Gasteiger partial charge >= 0.3 is 0 Å². The fourth-order valence-corrected chi connectivity index (χ4v) is 4.87. The Morgan fingerprint density at radius 2 is 2.15 bits per heavy atom. The van der Waals surface area contributed by atoms with Crippen molar-refractivity contribution in [3.8, 4) is 17.2 Å². The zero-order valence-corrected chi connectivity index (χ0v) is 18.9. The maximum absolute atomic E-state index is 11.7. The van der Waals surface area contributed by atoms with Gasteiger partial charge in [-0.15, -0.1) is 0 Å². The number of rotatable bonds is 3. The summed E-state index contributed by atoms with van der Waals surface area (Å²) in [5, 5.41) is 2.81. The van der Waals surface area contributed by atoms with Gasteiger partial charge in [-0.05, 0) is 42.7 Å². The number of nitrogens with zero attached hydrogens (tertiary/aromatic N) is 3. The molecule has 3 aliphatic heterocycles. The Morgan fingerprint density at radius 1 is 1.24 bits per heavy atom. The zero-order valence-electron chi connectivity index (χ0n) is 18.9. The first kappa shape index (κ1) is 20.7. The van der Waals surface area contributed by atoms with Gasteiger partial charge in [0, 0.05) is 38.1 Å². The second-order valence-electron chi connectivity index (χ2n) is 9.01. The van der Waals surface area contributed by atoms with Crippen molar-refractivity contribution in [1.29, 1.82) is 0 Å². The number of carbonyl (C=O) groups excluding carboxylic acids is 2. The van der Waals surface area contributed by atoms with E-state index < -0.39 is 0 Å². The topological polar surface area (TPSA) is 109 Å². The van der Waals surface area contributed by atoms with Crippen LogP contribution in [0.4, 0.5) is 5.82 Å². The zero-order chi connectivity index (χ0) is 23.2. The summed E-state index contributed by atoms with van der Waals surface area (Å²) < 4.78 is 12.3. The molecule has 9 nitrogen and oxygen atoms in total. The Kier molecular flexibility index (Phi) is 4.97. The smallest absolute Gasteiger partial charge is 0.225 e. The third kappa shape index (κ3) is 3.76. The molecule has 0 spiro atoms. The Labute approximate surface area is 196 Å². The summed E-state index contributed by atoms with van der Waals surface area (Å²) in [5.41, 5.74) is 4.04. The van der Waals surface area contributed by atoms with Gasteiger partial charge in [-0.1, -0.05) is 0 Å². The minimum atomic E-state index is -0.0253. The molecule has 1 atom stereocenters. The number of nitrogens with one attached hydrogen (secondary N) is 2. The predicted octanol–water partition coefficient (Wildman–Crippen LogP) is 3.11. The number of imidazole rings is 1. The fourth-order valence-electron chi connectivity index (χ4n) is 4.87. The number of aromatic nitrogens is 3. The highest BCUT2D eigenvalue weighted by Gasteiger charge is 2.28. The molecule has 6 rings (SSSR count). The summed E-state index contributed by atoms with van der Waals surface area (Å²) in [6.07, 6.45) is 4.21. The first-order valence-corrected chi connectivity index (χ1v) is 11.6. The van der Waals surface area contributed by atoms with Gasteiger partial charge in [0.15, 0.2) is 0 Å². The molecule has 1 unspecified atom stereocenters. The average molecular weight is 460 g/mol. The van der Waals surface area contributed by atoms with Crippen LogP contribution in [0.1, 0.15) is 47.6 Å². The van der Waals surface area contributed by atoms with Crippen LogP contribution < -0.4 is 14.8 Å². The molecule has 2 N–H and O–H groups in total. The third-order valence-corrected chi connectivity index (χ3v) is 6.72. The average Bonchev–Trinajstić information content (AvgIpc) is 3.27. The number of hydrogen-bond donors (Lipinski definition) is 2. The molecular formula is C25H25N5O4. The molecule has 0 radical (unpaired) electrons. The number of anilines is 1. The normalized spacial score (nSPS) is 18.8. The first-order valence-electron chi connectivity index (χ1n) is 11.6. The lowest BCUT2D eigenvalue weighted by Gasteiger charge is -2.25. The van der Waals surface area contributed by atoms with Gasteiger partial charge < -0.3 is 24.7 Å². The number of amides is 2. The van der Waals surface area contributed by atoms with Gasteiger partial charge in [-0.2, -0.15) is 0 Å². The Balaban J connectivity index is 1.21. The number of H-pyrrole nitrogens is 1. The molecule has 3 aliphatic rings. The summed E-state index contributed by atoms with van der Waals surface area (Å²) >= 11 is 0. The lowest BCUT2D eigenvalue weighted by Crippen LogP contribution is -2.34. The second-order valence-corrected chi connectivity index (χ2v) is 9.01. The lowest BCUT2D eigenvalue weighted by molar-refractivity contribution is -0.129. The van der Waals surface area contributed by atoms with E-state index in [1.54, 1.807) is 13.1 Å². The number of carbonyl (C=O) groups is 2. The molecule has 174 valence electrons. The molecule has 2 aromatic heterocycles. The van der Waals surface area contributed by atoms with Gasteiger partial charge in [-0.25, -0.2) is 9.97 Å². The van der Waals surface area contributed by atoms with Gasteiger partial charge in [0.05, 0.1) is 30.5 Å². The Hall–Kier alpha value is -3.88. The van der Waals surface area contributed by atoms with E-state index in [1.807, 2.05) is 29.2 Å². The summed E-state index contributed by atoms with van der Waals surface area (Å²) in [6, 6.07) is 7.67.